The van der Waals surface area contributed by atoms with Gasteiger partial charge in [0.25, 0.3) is 0 Å². The molecule has 0 aromatic heterocycles. The van der Waals surface area contributed by atoms with Gasteiger partial charge >= 0.3 is 5.97 Å². The Morgan fingerprint density at radius 1 is 1.24 bits per heavy atom. The Morgan fingerprint density at radius 3 is 2.62 bits per heavy atom. The molecule has 0 saturated carbocycles. The second-order valence-electron chi connectivity index (χ2n) is 4.56. The Hall–Kier alpha value is -2.62. The van der Waals surface area contributed by atoms with Crippen molar-refractivity contribution in [2.24, 2.45) is 0 Å². The highest BCUT2D eigenvalue weighted by molar-refractivity contribution is 5.85. The molecular formula is C17H15FO3. The highest BCUT2D eigenvalue weighted by Gasteiger charge is 2.08. The van der Waals surface area contributed by atoms with Crippen LogP contribution in [0.2, 0.25) is 0 Å². The summed E-state index contributed by atoms with van der Waals surface area (Å²) >= 11 is 0. The molecule has 4 heteroatoms. The van der Waals surface area contributed by atoms with Crippen molar-refractivity contribution in [3.05, 3.63) is 71.6 Å². The molecule has 0 radical (unpaired) electrons. The van der Waals surface area contributed by atoms with Crippen LogP contribution in [0.1, 0.15) is 24.2 Å². The fourth-order valence-corrected chi connectivity index (χ4v) is 1.91. The second kappa shape index (κ2) is 6.70. The fraction of sp³-hybridized carbons (Fsp3) is 0.118. The standard InChI is InChI=1S/C17H15FO3/c1-12(14-5-3-2-4-6-14)21-16-10-13(7-8-17(19)20)9-15(18)11-16/h2-12H,1H3,(H,19,20)/b8-7+. The number of benzene rings is 2. The maximum absolute atomic E-state index is 13.5. The molecule has 0 aliphatic rings. The molecule has 2 rings (SSSR count). The van der Waals surface area contributed by atoms with E-state index in [1.54, 1.807) is 6.07 Å². The maximum Gasteiger partial charge on any atom is 0.328 e. The van der Waals surface area contributed by atoms with Crippen LogP contribution in [0, 0.1) is 5.82 Å². The van der Waals surface area contributed by atoms with Crippen molar-refractivity contribution in [3.8, 4) is 5.75 Å². The summed E-state index contributed by atoms with van der Waals surface area (Å²) in [4.78, 5) is 10.5. The van der Waals surface area contributed by atoms with E-state index in [2.05, 4.69) is 0 Å². The Kier molecular flexibility index (Phi) is 4.72. The van der Waals surface area contributed by atoms with Gasteiger partial charge in [-0.25, -0.2) is 9.18 Å². The van der Waals surface area contributed by atoms with Crippen LogP contribution < -0.4 is 4.74 Å². The molecule has 0 aliphatic heterocycles. The van der Waals surface area contributed by atoms with E-state index in [-0.39, 0.29) is 6.10 Å². The van der Waals surface area contributed by atoms with Gasteiger partial charge in [0.1, 0.15) is 17.7 Å². The molecule has 0 bridgehead atoms. The maximum atomic E-state index is 13.5. The third kappa shape index (κ3) is 4.45. The summed E-state index contributed by atoms with van der Waals surface area (Å²) in [6.45, 7) is 1.87. The first-order valence-corrected chi connectivity index (χ1v) is 6.48. The molecule has 1 unspecified atom stereocenters. The topological polar surface area (TPSA) is 46.5 Å². The van der Waals surface area contributed by atoms with E-state index in [1.165, 1.54) is 18.2 Å². The Labute approximate surface area is 122 Å². The number of hydrogen-bond donors (Lipinski definition) is 1. The average Bonchev–Trinajstić information content (AvgIpc) is 2.45. The van der Waals surface area contributed by atoms with Crippen molar-refractivity contribution < 1.29 is 19.0 Å². The van der Waals surface area contributed by atoms with Crippen LogP contribution in [0.4, 0.5) is 4.39 Å². The van der Waals surface area contributed by atoms with Gasteiger partial charge in [-0.3, -0.25) is 0 Å². The van der Waals surface area contributed by atoms with Crippen LogP contribution in [-0.2, 0) is 4.79 Å². The summed E-state index contributed by atoms with van der Waals surface area (Å²) in [5, 5.41) is 8.60. The normalized spacial score (nSPS) is 12.3. The zero-order chi connectivity index (χ0) is 15.2. The van der Waals surface area contributed by atoms with Gasteiger partial charge in [0.05, 0.1) is 0 Å². The number of halogens is 1. The second-order valence-corrected chi connectivity index (χ2v) is 4.56. The molecule has 0 fully saturated rings. The first kappa shape index (κ1) is 14.8. The summed E-state index contributed by atoms with van der Waals surface area (Å²) in [5.41, 5.74) is 1.41. The molecule has 3 nitrogen and oxygen atoms in total. The van der Waals surface area contributed by atoms with E-state index in [0.29, 0.717) is 11.3 Å². The van der Waals surface area contributed by atoms with Crippen molar-refractivity contribution in [3.63, 3.8) is 0 Å². The van der Waals surface area contributed by atoms with E-state index < -0.39 is 11.8 Å². The van der Waals surface area contributed by atoms with Gasteiger partial charge in [-0.15, -0.1) is 0 Å². The van der Waals surface area contributed by atoms with Crippen LogP contribution in [0.5, 0.6) is 5.75 Å². The van der Waals surface area contributed by atoms with Crippen LogP contribution in [-0.4, -0.2) is 11.1 Å². The molecule has 1 N–H and O–H groups in total. The fourth-order valence-electron chi connectivity index (χ4n) is 1.91. The number of rotatable bonds is 5. The van der Waals surface area contributed by atoms with Crippen molar-refractivity contribution in [2.45, 2.75) is 13.0 Å². The van der Waals surface area contributed by atoms with E-state index in [0.717, 1.165) is 11.6 Å². The largest absolute Gasteiger partial charge is 0.486 e. The summed E-state index contributed by atoms with van der Waals surface area (Å²) in [6, 6.07) is 13.7. The zero-order valence-corrected chi connectivity index (χ0v) is 11.5. The van der Waals surface area contributed by atoms with Crippen LogP contribution in [0.15, 0.2) is 54.6 Å². The minimum atomic E-state index is -1.08. The van der Waals surface area contributed by atoms with E-state index in [1.807, 2.05) is 37.3 Å². The third-order valence-electron chi connectivity index (χ3n) is 2.89. The molecule has 0 spiro atoms. The van der Waals surface area contributed by atoms with E-state index in [9.17, 15) is 9.18 Å². The van der Waals surface area contributed by atoms with Crippen LogP contribution in [0.25, 0.3) is 6.08 Å². The minimum absolute atomic E-state index is 0.232. The number of carboxylic acid groups (broad SMARTS) is 1. The monoisotopic (exact) mass is 286 g/mol. The van der Waals surface area contributed by atoms with Gasteiger partial charge in [0.2, 0.25) is 0 Å². The van der Waals surface area contributed by atoms with Gasteiger partial charge in [-0.05, 0) is 36.3 Å². The van der Waals surface area contributed by atoms with E-state index >= 15 is 0 Å². The molecule has 21 heavy (non-hydrogen) atoms. The molecule has 2 aromatic rings. The predicted molar refractivity (Wildman–Crippen MR) is 78.6 cm³/mol. The lowest BCUT2D eigenvalue weighted by Crippen LogP contribution is -2.03. The van der Waals surface area contributed by atoms with E-state index in [4.69, 9.17) is 9.84 Å². The predicted octanol–water partition coefficient (Wildman–Crippen LogP) is 4.06. The zero-order valence-electron chi connectivity index (χ0n) is 11.5. The summed E-state index contributed by atoms with van der Waals surface area (Å²) in [7, 11) is 0. The first-order chi connectivity index (χ1) is 10.0. The Bertz CT molecular complexity index is 650. The minimum Gasteiger partial charge on any atom is -0.486 e. The lowest BCUT2D eigenvalue weighted by molar-refractivity contribution is -0.131. The molecule has 0 amide bonds. The van der Waals surface area contributed by atoms with Crippen LogP contribution in [0.3, 0.4) is 0 Å². The molecule has 0 aliphatic carbocycles. The van der Waals surface area contributed by atoms with Gasteiger partial charge in [0.15, 0.2) is 0 Å². The summed E-state index contributed by atoms with van der Waals surface area (Å²) < 4.78 is 19.3. The number of aliphatic carboxylic acids is 1. The van der Waals surface area contributed by atoms with Crippen molar-refractivity contribution in [1.29, 1.82) is 0 Å². The van der Waals surface area contributed by atoms with Crippen LogP contribution >= 0.6 is 0 Å². The number of hydrogen-bond acceptors (Lipinski definition) is 2. The molecule has 0 heterocycles. The van der Waals surface area contributed by atoms with Crippen molar-refractivity contribution in [1.82, 2.24) is 0 Å². The third-order valence-corrected chi connectivity index (χ3v) is 2.89. The lowest BCUT2D eigenvalue weighted by Gasteiger charge is -2.15. The van der Waals surface area contributed by atoms with Gasteiger partial charge in [-0.2, -0.15) is 0 Å². The quantitative estimate of drug-likeness (QED) is 0.843. The number of carbonyl (C=O) groups is 1. The number of ether oxygens (including phenoxy) is 1. The Morgan fingerprint density at radius 2 is 1.95 bits per heavy atom. The first-order valence-electron chi connectivity index (χ1n) is 6.48. The van der Waals surface area contributed by atoms with Gasteiger partial charge in [0, 0.05) is 12.1 Å². The Balaban J connectivity index is 2.18. The molecular weight excluding hydrogens is 271 g/mol. The summed E-state index contributed by atoms with van der Waals surface area (Å²) in [5.74, 6) is -1.20. The highest BCUT2D eigenvalue weighted by Crippen LogP contribution is 2.24. The molecule has 0 saturated heterocycles. The summed E-state index contributed by atoms with van der Waals surface area (Å²) in [6.07, 6.45) is 2.05. The average molecular weight is 286 g/mol. The molecule has 108 valence electrons. The van der Waals surface area contributed by atoms with Gasteiger partial charge < -0.3 is 9.84 Å². The number of carboxylic acids is 1. The SMILES string of the molecule is CC(Oc1cc(F)cc(/C=C/C(=O)O)c1)c1ccccc1. The molecule has 1 atom stereocenters. The smallest absolute Gasteiger partial charge is 0.328 e. The molecule has 2 aromatic carbocycles. The van der Waals surface area contributed by atoms with Gasteiger partial charge in [-0.1, -0.05) is 30.3 Å². The van der Waals surface area contributed by atoms with Crippen molar-refractivity contribution in [2.75, 3.05) is 0 Å². The lowest BCUT2D eigenvalue weighted by atomic mass is 10.1. The highest BCUT2D eigenvalue weighted by atomic mass is 19.1. The van der Waals surface area contributed by atoms with Crippen molar-refractivity contribution >= 4 is 12.0 Å².